The fourth-order valence-electron chi connectivity index (χ4n) is 3.48. The molecule has 1 aliphatic rings. The number of nitrogens with one attached hydrogen (secondary N) is 1. The van der Waals surface area contributed by atoms with E-state index in [0.29, 0.717) is 41.3 Å². The first-order chi connectivity index (χ1) is 15.1. The Balaban J connectivity index is 1.65. The fraction of sp³-hybridized carbons (Fsp3) is 0.143. The highest BCUT2D eigenvalue weighted by Gasteiger charge is 2.21. The number of amides is 1. The summed E-state index contributed by atoms with van der Waals surface area (Å²) in [5, 5.41) is 19.8. The van der Waals surface area contributed by atoms with E-state index < -0.39 is 0 Å². The van der Waals surface area contributed by atoms with Gasteiger partial charge in [-0.15, -0.1) is 10.2 Å². The molecule has 31 heavy (non-hydrogen) atoms. The molecule has 1 N–H and O–H groups in total. The first-order valence-corrected chi connectivity index (χ1v) is 9.64. The van der Waals surface area contributed by atoms with Crippen molar-refractivity contribution in [1.29, 1.82) is 0 Å². The molecule has 0 fully saturated rings. The fourth-order valence-corrected chi connectivity index (χ4v) is 3.48. The van der Waals surface area contributed by atoms with Crippen molar-refractivity contribution < 1.29 is 9.18 Å². The molecule has 0 aliphatic carbocycles. The highest BCUT2D eigenvalue weighted by molar-refractivity contribution is 5.91. The lowest BCUT2D eigenvalue weighted by atomic mass is 10.0. The number of rotatable bonds is 3. The maximum Gasteiger partial charge on any atom is 0.222 e. The number of hydrogen-bond acceptors (Lipinski definition) is 6. The van der Waals surface area contributed by atoms with Crippen LogP contribution in [0, 0.1) is 5.82 Å². The molecule has 10 heteroatoms. The molecule has 0 unspecified atom stereocenters. The summed E-state index contributed by atoms with van der Waals surface area (Å²) in [5.41, 5.74) is 2.27. The number of benzene rings is 1. The summed E-state index contributed by atoms with van der Waals surface area (Å²) in [6.07, 6.45) is 6.22. The minimum Gasteiger partial charge on any atom is -0.311 e. The van der Waals surface area contributed by atoms with Crippen LogP contribution in [0.3, 0.4) is 0 Å². The second-order valence-electron chi connectivity index (χ2n) is 7.03. The summed E-state index contributed by atoms with van der Waals surface area (Å²) in [4.78, 5) is 15.6. The second-order valence-corrected chi connectivity index (χ2v) is 7.03. The topological polar surface area (TPSA) is 103 Å². The summed E-state index contributed by atoms with van der Waals surface area (Å²) in [6.45, 7) is 1.41. The monoisotopic (exact) mass is 416 g/mol. The van der Waals surface area contributed by atoms with Gasteiger partial charge >= 0.3 is 0 Å². The van der Waals surface area contributed by atoms with Gasteiger partial charge in [-0.1, -0.05) is 12.1 Å². The van der Waals surface area contributed by atoms with Crippen molar-refractivity contribution in [3.05, 3.63) is 66.8 Å². The van der Waals surface area contributed by atoms with E-state index in [9.17, 15) is 9.18 Å². The SMILES string of the molecule is CC(=O)Nc1cc(-c2cn(C3=Nn4cnnc4CC3)nc2-c2ccccc2F)ccn1. The van der Waals surface area contributed by atoms with Gasteiger partial charge in [-0.05, 0) is 29.8 Å². The quantitative estimate of drug-likeness (QED) is 0.553. The third-order valence-electron chi connectivity index (χ3n) is 4.88. The predicted octanol–water partition coefficient (Wildman–Crippen LogP) is 2.96. The molecule has 4 heterocycles. The number of nitrogens with zero attached hydrogens (tertiary/aromatic N) is 7. The Bertz CT molecular complexity index is 1320. The van der Waals surface area contributed by atoms with Crippen LogP contribution in [0.25, 0.3) is 22.4 Å². The Kier molecular flexibility index (Phi) is 4.58. The number of aromatic nitrogens is 6. The number of anilines is 1. The standard InChI is InChI=1S/C21H17FN8O/c1-13(31)25-18-10-14(8-9-23-18)16-11-29(20-7-6-19-26-24-12-30(19)27-20)28-21(16)15-4-2-3-5-17(15)22/h2-5,8-12H,6-7H2,1H3,(H,23,25,31). The van der Waals surface area contributed by atoms with Crippen LogP contribution in [0.15, 0.2) is 60.2 Å². The van der Waals surface area contributed by atoms with Crippen LogP contribution in [0.4, 0.5) is 10.2 Å². The minimum atomic E-state index is -0.378. The zero-order valence-electron chi connectivity index (χ0n) is 16.5. The predicted molar refractivity (Wildman–Crippen MR) is 112 cm³/mol. The number of hydrogen-bond donors (Lipinski definition) is 1. The molecule has 0 radical (unpaired) electrons. The van der Waals surface area contributed by atoms with Crippen LogP contribution < -0.4 is 5.32 Å². The van der Waals surface area contributed by atoms with Crippen LogP contribution >= 0.6 is 0 Å². The van der Waals surface area contributed by atoms with Crippen LogP contribution in [0.1, 0.15) is 19.2 Å². The molecule has 5 rings (SSSR count). The Morgan fingerprint density at radius 3 is 2.87 bits per heavy atom. The van der Waals surface area contributed by atoms with E-state index in [1.54, 1.807) is 52.2 Å². The Morgan fingerprint density at radius 2 is 2.03 bits per heavy atom. The van der Waals surface area contributed by atoms with Gasteiger partial charge in [0.2, 0.25) is 5.91 Å². The van der Waals surface area contributed by atoms with Gasteiger partial charge in [0.15, 0.2) is 11.7 Å². The van der Waals surface area contributed by atoms with Crippen LogP contribution in [-0.2, 0) is 11.2 Å². The first kappa shape index (κ1) is 18.8. The van der Waals surface area contributed by atoms with Crippen LogP contribution in [-0.4, -0.2) is 41.4 Å². The van der Waals surface area contributed by atoms with E-state index in [2.05, 4.69) is 30.7 Å². The largest absolute Gasteiger partial charge is 0.311 e. The molecule has 0 atom stereocenters. The minimum absolute atomic E-state index is 0.226. The third-order valence-corrected chi connectivity index (χ3v) is 4.88. The summed E-state index contributed by atoms with van der Waals surface area (Å²) < 4.78 is 17.9. The van der Waals surface area contributed by atoms with E-state index in [-0.39, 0.29) is 11.7 Å². The van der Waals surface area contributed by atoms with Crippen molar-refractivity contribution in [2.75, 3.05) is 5.32 Å². The van der Waals surface area contributed by atoms with E-state index >= 15 is 0 Å². The lowest BCUT2D eigenvalue weighted by Crippen LogP contribution is -2.20. The Hall–Kier alpha value is -4.21. The van der Waals surface area contributed by atoms with Crippen molar-refractivity contribution in [3.8, 4) is 22.4 Å². The molecule has 1 amide bonds. The van der Waals surface area contributed by atoms with Crippen molar-refractivity contribution >= 4 is 17.6 Å². The highest BCUT2D eigenvalue weighted by Crippen LogP contribution is 2.33. The average molecular weight is 416 g/mol. The molecular formula is C21H17FN8O. The molecule has 1 aromatic carbocycles. The van der Waals surface area contributed by atoms with Gasteiger partial charge in [0.1, 0.15) is 23.7 Å². The lowest BCUT2D eigenvalue weighted by Gasteiger charge is -2.12. The van der Waals surface area contributed by atoms with Gasteiger partial charge in [-0.25, -0.2) is 18.7 Å². The molecular weight excluding hydrogens is 399 g/mol. The van der Waals surface area contributed by atoms with E-state index in [1.165, 1.54) is 13.0 Å². The Morgan fingerprint density at radius 1 is 1.16 bits per heavy atom. The molecule has 0 saturated heterocycles. The zero-order chi connectivity index (χ0) is 21.4. The number of aryl methyl sites for hydroxylation is 1. The summed E-state index contributed by atoms with van der Waals surface area (Å²) in [6, 6.07) is 10.00. The number of carbonyl (C=O) groups excluding carboxylic acids is 1. The molecule has 3 aromatic heterocycles. The third kappa shape index (κ3) is 3.59. The van der Waals surface area contributed by atoms with Crippen LogP contribution in [0.5, 0.6) is 0 Å². The number of fused-ring (bicyclic) bond motifs is 1. The smallest absolute Gasteiger partial charge is 0.222 e. The van der Waals surface area contributed by atoms with Crippen molar-refractivity contribution in [2.45, 2.75) is 19.8 Å². The second kappa shape index (κ2) is 7.56. The Labute approximate surface area is 176 Å². The summed E-state index contributed by atoms with van der Waals surface area (Å²) in [5.74, 6) is 1.26. The summed E-state index contributed by atoms with van der Waals surface area (Å²) in [7, 11) is 0. The molecule has 0 spiro atoms. The normalized spacial score (nSPS) is 12.9. The average Bonchev–Trinajstić information content (AvgIpc) is 3.40. The number of carbonyl (C=O) groups is 1. The molecule has 1 aliphatic heterocycles. The molecule has 154 valence electrons. The number of halogens is 1. The van der Waals surface area contributed by atoms with Gasteiger partial charge in [0.05, 0.1) is 0 Å². The zero-order valence-corrected chi connectivity index (χ0v) is 16.5. The van der Waals surface area contributed by atoms with Gasteiger partial charge < -0.3 is 5.32 Å². The van der Waals surface area contributed by atoms with Crippen molar-refractivity contribution in [3.63, 3.8) is 0 Å². The van der Waals surface area contributed by atoms with Gasteiger partial charge in [-0.3, -0.25) is 4.79 Å². The molecule has 0 saturated carbocycles. The first-order valence-electron chi connectivity index (χ1n) is 9.64. The van der Waals surface area contributed by atoms with Gasteiger partial charge in [-0.2, -0.15) is 10.2 Å². The van der Waals surface area contributed by atoms with Crippen molar-refractivity contribution in [2.24, 2.45) is 5.10 Å². The van der Waals surface area contributed by atoms with E-state index in [0.717, 1.165) is 11.4 Å². The van der Waals surface area contributed by atoms with E-state index in [4.69, 9.17) is 0 Å². The lowest BCUT2D eigenvalue weighted by molar-refractivity contribution is -0.114. The van der Waals surface area contributed by atoms with Crippen molar-refractivity contribution in [1.82, 2.24) is 29.6 Å². The highest BCUT2D eigenvalue weighted by atomic mass is 19.1. The molecule has 9 nitrogen and oxygen atoms in total. The number of pyridine rings is 1. The molecule has 0 bridgehead atoms. The van der Waals surface area contributed by atoms with E-state index in [1.807, 2.05) is 6.20 Å². The molecule has 4 aromatic rings. The van der Waals surface area contributed by atoms with Crippen LogP contribution in [0.2, 0.25) is 0 Å². The summed E-state index contributed by atoms with van der Waals surface area (Å²) >= 11 is 0. The maximum atomic E-state index is 14.7. The van der Waals surface area contributed by atoms with Gasteiger partial charge in [0, 0.05) is 43.3 Å². The maximum absolute atomic E-state index is 14.7. The van der Waals surface area contributed by atoms with Gasteiger partial charge in [0.25, 0.3) is 0 Å².